The summed E-state index contributed by atoms with van der Waals surface area (Å²) < 4.78 is 8.27. The van der Waals surface area contributed by atoms with E-state index in [9.17, 15) is 0 Å². The minimum Gasteiger partial charge on any atom is -0.376 e. The smallest absolute Gasteiger partial charge is 0.229 e. The minimum atomic E-state index is 0.199. The topological polar surface area (TPSA) is 56.8 Å². The zero-order valence-electron chi connectivity index (χ0n) is 20.3. The number of hydrogen-bond donors (Lipinski definition) is 1. The van der Waals surface area contributed by atoms with Crippen molar-refractivity contribution < 1.29 is 4.74 Å². The number of halogens is 2. The average Bonchev–Trinajstić information content (AvgIpc) is 3.43. The van der Waals surface area contributed by atoms with Crippen LogP contribution in [0.5, 0.6) is 0 Å². The number of nitrogens with zero attached hydrogens (tertiary/aromatic N) is 5. The molecule has 9 heteroatoms. The van der Waals surface area contributed by atoms with Gasteiger partial charge < -0.3 is 19.9 Å². The maximum absolute atomic E-state index is 6.63. The van der Waals surface area contributed by atoms with Crippen LogP contribution in [0.3, 0.4) is 0 Å². The highest BCUT2D eigenvalue weighted by molar-refractivity contribution is 14.1. The molecule has 0 amide bonds. The summed E-state index contributed by atoms with van der Waals surface area (Å²) in [6.07, 6.45) is 4.96. The number of anilines is 4. The molecule has 1 unspecified atom stereocenters. The van der Waals surface area contributed by atoms with Crippen molar-refractivity contribution in [1.29, 1.82) is 0 Å². The largest absolute Gasteiger partial charge is 0.376 e. The molecule has 36 heavy (non-hydrogen) atoms. The predicted molar refractivity (Wildman–Crippen MR) is 156 cm³/mol. The summed E-state index contributed by atoms with van der Waals surface area (Å²) in [5.41, 5.74) is 3.49. The van der Waals surface area contributed by atoms with Gasteiger partial charge in [-0.25, -0.2) is 8.10 Å². The van der Waals surface area contributed by atoms with Gasteiger partial charge in [-0.05, 0) is 49.1 Å². The van der Waals surface area contributed by atoms with Gasteiger partial charge in [0.15, 0.2) is 5.82 Å². The third-order valence-corrected chi connectivity index (χ3v) is 7.93. The molecule has 0 saturated carbocycles. The number of aromatic nitrogens is 2. The quantitative estimate of drug-likeness (QED) is 0.249. The first-order valence-electron chi connectivity index (χ1n) is 12.6. The Morgan fingerprint density at radius 1 is 1.06 bits per heavy atom. The van der Waals surface area contributed by atoms with Crippen molar-refractivity contribution in [2.24, 2.45) is 0 Å². The van der Waals surface area contributed by atoms with Gasteiger partial charge in [0.25, 0.3) is 0 Å². The van der Waals surface area contributed by atoms with Crippen LogP contribution in [0.4, 0.5) is 23.1 Å². The van der Waals surface area contributed by atoms with Gasteiger partial charge in [0.05, 0.1) is 12.3 Å². The van der Waals surface area contributed by atoms with E-state index in [0.717, 1.165) is 76.6 Å². The van der Waals surface area contributed by atoms with Crippen LogP contribution in [-0.4, -0.2) is 65.1 Å². The summed E-state index contributed by atoms with van der Waals surface area (Å²) in [6, 6.07) is 19.0. The number of ether oxygens (including phenoxy) is 1. The van der Waals surface area contributed by atoms with E-state index in [1.165, 1.54) is 11.3 Å². The molecule has 3 aromatic rings. The number of hydrogen-bond acceptors (Lipinski definition) is 7. The highest BCUT2D eigenvalue weighted by atomic mass is 127. The molecule has 0 bridgehead atoms. The molecule has 3 heterocycles. The monoisotopic (exact) mass is 618 g/mol. The third kappa shape index (κ3) is 6.79. The maximum atomic E-state index is 6.63. The molecule has 1 atom stereocenters. The van der Waals surface area contributed by atoms with Crippen LogP contribution >= 0.6 is 34.5 Å². The van der Waals surface area contributed by atoms with Crippen LogP contribution in [-0.2, 0) is 11.2 Å². The predicted octanol–water partition coefficient (Wildman–Crippen LogP) is 5.57. The minimum absolute atomic E-state index is 0.199. The molecule has 2 aliphatic heterocycles. The Kier molecular flexibility index (Phi) is 8.79. The molecular weight excluding hydrogens is 587 g/mol. The van der Waals surface area contributed by atoms with Crippen LogP contribution in [0.1, 0.15) is 18.4 Å². The average molecular weight is 619 g/mol. The Bertz CT molecular complexity index is 1110. The van der Waals surface area contributed by atoms with Gasteiger partial charge in [0.2, 0.25) is 5.95 Å². The molecule has 190 valence electrons. The standard InChI is InChI=1S/C27H32ClIN6O/c28-25-19-30-27(31-22-8-10-23(11-9-22)33-14-16-35(29)17-15-33)32-26(25)34(20-24-7-4-18-36-24)13-12-21-5-2-1-3-6-21/h1-3,5-6,8-11,19,24H,4,7,12-18,20H2,(H,30,31,32). The van der Waals surface area contributed by atoms with Gasteiger partial charge in [0.1, 0.15) is 5.02 Å². The summed E-state index contributed by atoms with van der Waals surface area (Å²) in [5.74, 6) is 1.28. The molecule has 2 saturated heterocycles. The van der Waals surface area contributed by atoms with Gasteiger partial charge in [-0.1, -0.05) is 41.9 Å². The van der Waals surface area contributed by atoms with E-state index in [1.807, 2.05) is 6.07 Å². The normalized spacial score (nSPS) is 18.4. The fraction of sp³-hybridized carbons (Fsp3) is 0.407. The molecule has 2 fully saturated rings. The van der Waals surface area contributed by atoms with E-state index >= 15 is 0 Å². The molecule has 0 radical (unpaired) electrons. The second kappa shape index (κ2) is 12.4. The Morgan fingerprint density at radius 3 is 2.56 bits per heavy atom. The Labute approximate surface area is 232 Å². The lowest BCUT2D eigenvalue weighted by Crippen LogP contribution is -2.42. The van der Waals surface area contributed by atoms with E-state index < -0.39 is 0 Å². The molecule has 1 N–H and O–H groups in total. The summed E-state index contributed by atoms with van der Waals surface area (Å²) >= 11 is 9.03. The summed E-state index contributed by atoms with van der Waals surface area (Å²) in [4.78, 5) is 14.0. The van der Waals surface area contributed by atoms with Crippen LogP contribution in [0, 0.1) is 0 Å². The molecular formula is C27H32ClIN6O. The molecule has 0 spiro atoms. The highest BCUT2D eigenvalue weighted by Crippen LogP contribution is 2.28. The summed E-state index contributed by atoms with van der Waals surface area (Å²) in [5, 5.41) is 3.92. The highest BCUT2D eigenvalue weighted by Gasteiger charge is 2.22. The number of benzene rings is 2. The number of piperazine rings is 1. The van der Waals surface area contributed by atoms with Crippen molar-refractivity contribution in [2.75, 3.05) is 61.0 Å². The Morgan fingerprint density at radius 2 is 1.83 bits per heavy atom. The van der Waals surface area contributed by atoms with Gasteiger partial charge in [-0.2, -0.15) is 4.98 Å². The van der Waals surface area contributed by atoms with E-state index in [2.05, 4.69) is 94.6 Å². The van der Waals surface area contributed by atoms with Gasteiger partial charge in [-0.3, -0.25) is 0 Å². The zero-order valence-corrected chi connectivity index (χ0v) is 23.2. The maximum Gasteiger partial charge on any atom is 0.229 e. The van der Waals surface area contributed by atoms with Crippen LogP contribution in [0.15, 0.2) is 60.8 Å². The first kappa shape index (κ1) is 25.5. The SMILES string of the molecule is Clc1cnc(Nc2ccc(N3CCN(I)CC3)cc2)nc1N(CCc1ccccc1)CC1CCCO1. The van der Waals surface area contributed by atoms with Crippen molar-refractivity contribution in [3.8, 4) is 0 Å². The first-order chi connectivity index (χ1) is 17.6. The lowest BCUT2D eigenvalue weighted by atomic mass is 10.1. The van der Waals surface area contributed by atoms with E-state index in [-0.39, 0.29) is 6.10 Å². The molecule has 1 aromatic heterocycles. The van der Waals surface area contributed by atoms with Crippen LogP contribution in [0.25, 0.3) is 0 Å². The number of rotatable bonds is 9. The zero-order chi connectivity index (χ0) is 24.7. The molecule has 5 rings (SSSR count). The van der Waals surface area contributed by atoms with Crippen molar-refractivity contribution >= 4 is 57.6 Å². The number of nitrogens with one attached hydrogen (secondary N) is 1. The summed E-state index contributed by atoms with van der Waals surface area (Å²) in [6.45, 7) is 6.64. The molecule has 7 nitrogen and oxygen atoms in total. The van der Waals surface area contributed by atoms with Gasteiger partial charge in [0, 0.05) is 80.1 Å². The van der Waals surface area contributed by atoms with Crippen molar-refractivity contribution in [2.45, 2.75) is 25.4 Å². The summed E-state index contributed by atoms with van der Waals surface area (Å²) in [7, 11) is 0. The van der Waals surface area contributed by atoms with Crippen molar-refractivity contribution in [3.63, 3.8) is 0 Å². The Hall–Kier alpha value is -2.14. The molecule has 0 aliphatic carbocycles. The van der Waals surface area contributed by atoms with E-state index in [4.69, 9.17) is 21.3 Å². The molecule has 2 aliphatic rings. The second-order valence-electron chi connectivity index (χ2n) is 9.25. The lowest BCUT2D eigenvalue weighted by molar-refractivity contribution is 0.115. The fourth-order valence-electron chi connectivity index (χ4n) is 4.69. The first-order valence-corrected chi connectivity index (χ1v) is 13.9. The molecule has 2 aromatic carbocycles. The second-order valence-corrected chi connectivity index (χ2v) is 11.0. The fourth-order valence-corrected chi connectivity index (χ4v) is 5.33. The van der Waals surface area contributed by atoms with Gasteiger partial charge >= 0.3 is 0 Å². The van der Waals surface area contributed by atoms with E-state index in [0.29, 0.717) is 11.0 Å². The van der Waals surface area contributed by atoms with Crippen LogP contribution in [0.2, 0.25) is 5.02 Å². The lowest BCUT2D eigenvalue weighted by Gasteiger charge is -2.33. The van der Waals surface area contributed by atoms with Crippen LogP contribution < -0.4 is 15.1 Å². The van der Waals surface area contributed by atoms with Crippen molar-refractivity contribution in [1.82, 2.24) is 13.1 Å². The Balaban J connectivity index is 1.29. The van der Waals surface area contributed by atoms with Crippen molar-refractivity contribution in [3.05, 3.63) is 71.4 Å². The van der Waals surface area contributed by atoms with Gasteiger partial charge in [-0.15, -0.1) is 0 Å². The third-order valence-electron chi connectivity index (χ3n) is 6.70. The van der Waals surface area contributed by atoms with E-state index in [1.54, 1.807) is 6.20 Å².